The second-order valence-electron chi connectivity index (χ2n) is 8.00. The molecule has 0 radical (unpaired) electrons. The molecule has 0 spiro atoms. The molecule has 0 saturated carbocycles. The van der Waals surface area contributed by atoms with E-state index >= 15 is 0 Å². The third kappa shape index (κ3) is 5.17. The predicted octanol–water partition coefficient (Wildman–Crippen LogP) is 5.40. The molecule has 3 aromatic rings. The molecule has 0 bridgehead atoms. The van der Waals surface area contributed by atoms with Gasteiger partial charge in [-0.2, -0.15) is 10.1 Å². The van der Waals surface area contributed by atoms with Crippen molar-refractivity contribution in [2.45, 2.75) is 39.3 Å². The first-order valence-corrected chi connectivity index (χ1v) is 12.0. The fourth-order valence-corrected chi connectivity index (χ4v) is 4.43. The first-order chi connectivity index (χ1) is 16.9. The van der Waals surface area contributed by atoms with Crippen molar-refractivity contribution in [3.05, 3.63) is 75.4 Å². The van der Waals surface area contributed by atoms with Crippen LogP contribution in [0.2, 0.25) is 0 Å². The summed E-state index contributed by atoms with van der Waals surface area (Å²) in [5.41, 5.74) is 2.19. The Morgan fingerprint density at radius 2 is 2.09 bits per heavy atom. The van der Waals surface area contributed by atoms with Crippen molar-refractivity contribution in [2.24, 2.45) is 0 Å². The maximum atomic E-state index is 14.1. The summed E-state index contributed by atoms with van der Waals surface area (Å²) in [7, 11) is 1.52. The highest BCUT2D eigenvalue weighted by atomic mass is 79.9. The van der Waals surface area contributed by atoms with Crippen LogP contribution in [0.4, 0.5) is 10.3 Å². The van der Waals surface area contributed by atoms with E-state index in [1.54, 1.807) is 35.9 Å². The molecule has 1 aromatic heterocycles. The smallest absolute Gasteiger partial charge is 0.338 e. The third-order valence-electron chi connectivity index (χ3n) is 5.64. The Morgan fingerprint density at radius 3 is 2.83 bits per heavy atom. The number of esters is 1. The lowest BCUT2D eigenvalue weighted by Crippen LogP contribution is -2.30. The van der Waals surface area contributed by atoms with Crippen molar-refractivity contribution in [3.63, 3.8) is 0 Å². The number of allylic oxidation sites excluding steroid dienone is 1. The fraction of sp³-hybridized carbons (Fsp3) is 0.320. The molecule has 1 aliphatic rings. The Labute approximate surface area is 211 Å². The lowest BCUT2D eigenvalue weighted by Gasteiger charge is -2.29. The zero-order valence-corrected chi connectivity index (χ0v) is 21.3. The molecule has 0 fully saturated rings. The van der Waals surface area contributed by atoms with Gasteiger partial charge in [0.25, 0.3) is 0 Å². The Kier molecular flexibility index (Phi) is 7.70. The van der Waals surface area contributed by atoms with Crippen LogP contribution in [0.5, 0.6) is 11.5 Å². The Balaban J connectivity index is 1.70. The molecule has 184 valence electrons. The van der Waals surface area contributed by atoms with Crippen molar-refractivity contribution in [3.8, 4) is 11.5 Å². The van der Waals surface area contributed by atoms with Gasteiger partial charge < -0.3 is 19.5 Å². The van der Waals surface area contributed by atoms with Gasteiger partial charge in [0.1, 0.15) is 24.8 Å². The molecule has 0 saturated heterocycles. The third-order valence-corrected chi connectivity index (χ3v) is 6.23. The molecule has 4 rings (SSSR count). The number of hydrogen-bond donors (Lipinski definition) is 1. The summed E-state index contributed by atoms with van der Waals surface area (Å²) in [6.07, 6.45) is 3.11. The van der Waals surface area contributed by atoms with Gasteiger partial charge in [-0.15, -0.1) is 0 Å². The number of nitrogens with zero attached hydrogens (tertiary/aromatic N) is 3. The summed E-state index contributed by atoms with van der Waals surface area (Å²) in [6.45, 7) is 4.19. The molecule has 8 nitrogen and oxygen atoms in total. The predicted molar refractivity (Wildman–Crippen MR) is 132 cm³/mol. The van der Waals surface area contributed by atoms with Crippen LogP contribution in [0.3, 0.4) is 0 Å². The number of carbonyl (C=O) groups excluding carboxylic acids is 1. The van der Waals surface area contributed by atoms with E-state index in [2.05, 4.69) is 31.3 Å². The number of nitrogens with one attached hydrogen (secondary N) is 1. The first-order valence-electron chi connectivity index (χ1n) is 11.2. The van der Waals surface area contributed by atoms with E-state index in [0.717, 1.165) is 12.8 Å². The summed E-state index contributed by atoms with van der Waals surface area (Å²) in [4.78, 5) is 17.4. The van der Waals surface area contributed by atoms with E-state index in [4.69, 9.17) is 14.2 Å². The minimum atomic E-state index is -0.603. The normalized spacial score (nSPS) is 14.8. The quantitative estimate of drug-likeness (QED) is 0.285. The zero-order chi connectivity index (χ0) is 24.9. The molecular formula is C25H26BrFN4O4. The summed E-state index contributed by atoms with van der Waals surface area (Å²) in [5.74, 6) is 0.568. The number of carbonyl (C=O) groups is 1. The lowest BCUT2D eigenvalue weighted by molar-refractivity contribution is -0.139. The van der Waals surface area contributed by atoms with E-state index < -0.39 is 12.0 Å². The number of benzene rings is 2. The fourth-order valence-electron chi connectivity index (χ4n) is 3.85. The van der Waals surface area contributed by atoms with Crippen LogP contribution in [-0.4, -0.2) is 34.5 Å². The van der Waals surface area contributed by atoms with Crippen molar-refractivity contribution in [1.29, 1.82) is 0 Å². The highest BCUT2D eigenvalue weighted by Gasteiger charge is 2.35. The van der Waals surface area contributed by atoms with Crippen LogP contribution in [-0.2, 0) is 16.1 Å². The summed E-state index contributed by atoms with van der Waals surface area (Å²) in [5, 5.41) is 7.47. The molecule has 10 heteroatoms. The zero-order valence-electron chi connectivity index (χ0n) is 19.7. The standard InChI is InChI=1S/C25H26BrFN4O4/c1-4-5-10-34-24(32)21-15(2)30-25-28-14-29-31(25)22(21)17-11-18(26)23(20(12-17)33-3)35-13-16-8-6-7-9-19(16)27/h6-9,11-12,14,22H,4-5,10,13H2,1-3H3,(H,28,29,30). The maximum absolute atomic E-state index is 14.1. The molecule has 0 aliphatic carbocycles. The van der Waals surface area contributed by atoms with Gasteiger partial charge in [0.2, 0.25) is 5.95 Å². The van der Waals surface area contributed by atoms with Gasteiger partial charge in [-0.1, -0.05) is 31.5 Å². The first kappa shape index (κ1) is 24.7. The van der Waals surface area contributed by atoms with E-state index in [1.165, 1.54) is 19.5 Å². The minimum absolute atomic E-state index is 0.0234. The van der Waals surface area contributed by atoms with Gasteiger partial charge in [0.05, 0.1) is 23.8 Å². The Bertz CT molecular complexity index is 1260. The molecule has 2 aromatic carbocycles. The molecule has 1 aliphatic heterocycles. The number of unbranched alkanes of at least 4 members (excludes halogenated alkanes) is 1. The van der Waals surface area contributed by atoms with Gasteiger partial charge in [-0.05, 0) is 53.0 Å². The molecule has 1 N–H and O–H groups in total. The Morgan fingerprint density at radius 1 is 1.29 bits per heavy atom. The summed E-state index contributed by atoms with van der Waals surface area (Å²) in [6, 6.07) is 9.42. The highest BCUT2D eigenvalue weighted by Crippen LogP contribution is 2.43. The van der Waals surface area contributed by atoms with Gasteiger partial charge in [-0.3, -0.25) is 0 Å². The number of anilines is 1. The molecule has 1 atom stereocenters. The Hall–Kier alpha value is -3.40. The molecule has 2 heterocycles. The van der Waals surface area contributed by atoms with Gasteiger partial charge in [0, 0.05) is 11.3 Å². The largest absolute Gasteiger partial charge is 0.493 e. The van der Waals surface area contributed by atoms with Crippen LogP contribution in [0.25, 0.3) is 0 Å². The lowest BCUT2D eigenvalue weighted by atomic mass is 9.95. The topological polar surface area (TPSA) is 87.5 Å². The summed E-state index contributed by atoms with van der Waals surface area (Å²) < 4.78 is 33.3. The number of hydrogen-bond acceptors (Lipinski definition) is 7. The number of aromatic nitrogens is 3. The summed E-state index contributed by atoms with van der Waals surface area (Å²) >= 11 is 3.56. The average Bonchev–Trinajstić information content (AvgIpc) is 3.31. The average molecular weight is 545 g/mol. The van der Waals surface area contributed by atoms with Gasteiger partial charge in [-0.25, -0.2) is 13.9 Å². The maximum Gasteiger partial charge on any atom is 0.338 e. The highest BCUT2D eigenvalue weighted by molar-refractivity contribution is 9.10. The van der Waals surface area contributed by atoms with Crippen LogP contribution >= 0.6 is 15.9 Å². The van der Waals surface area contributed by atoms with E-state index in [9.17, 15) is 9.18 Å². The minimum Gasteiger partial charge on any atom is -0.493 e. The van der Waals surface area contributed by atoms with Crippen LogP contribution in [0.15, 0.2) is 58.5 Å². The van der Waals surface area contributed by atoms with Crippen molar-refractivity contribution in [2.75, 3.05) is 19.0 Å². The SMILES string of the molecule is CCCCOC(=O)C1=C(C)Nc2ncnn2C1c1cc(Br)c(OCc2ccccc2F)c(OC)c1. The van der Waals surface area contributed by atoms with Crippen molar-refractivity contribution >= 4 is 27.8 Å². The molecule has 35 heavy (non-hydrogen) atoms. The van der Waals surface area contributed by atoms with E-state index in [-0.39, 0.29) is 12.4 Å². The monoisotopic (exact) mass is 544 g/mol. The van der Waals surface area contributed by atoms with E-state index in [1.807, 2.05) is 13.0 Å². The molecule has 1 unspecified atom stereocenters. The van der Waals surface area contributed by atoms with Crippen LogP contribution < -0.4 is 14.8 Å². The van der Waals surface area contributed by atoms with Crippen molar-refractivity contribution < 1.29 is 23.4 Å². The second kappa shape index (κ2) is 10.9. The number of ether oxygens (including phenoxy) is 3. The number of rotatable bonds is 9. The van der Waals surface area contributed by atoms with Gasteiger partial charge in [0.15, 0.2) is 11.5 Å². The van der Waals surface area contributed by atoms with Gasteiger partial charge >= 0.3 is 5.97 Å². The molecule has 0 amide bonds. The second-order valence-corrected chi connectivity index (χ2v) is 8.85. The van der Waals surface area contributed by atoms with Crippen LogP contribution in [0, 0.1) is 5.82 Å². The van der Waals surface area contributed by atoms with Crippen LogP contribution in [0.1, 0.15) is 43.9 Å². The number of fused-ring (bicyclic) bond motifs is 1. The number of halogens is 2. The number of methoxy groups -OCH3 is 1. The van der Waals surface area contributed by atoms with E-state index in [0.29, 0.717) is 50.9 Å². The molecular weight excluding hydrogens is 519 g/mol. The van der Waals surface area contributed by atoms with Crippen molar-refractivity contribution in [1.82, 2.24) is 14.8 Å².